The summed E-state index contributed by atoms with van der Waals surface area (Å²) in [6.45, 7) is 1.33. The van der Waals surface area contributed by atoms with E-state index in [9.17, 15) is 13.2 Å². The fraction of sp³-hybridized carbons (Fsp3) is 0.917. The predicted octanol–water partition coefficient (Wildman–Crippen LogP) is -0.0358. The van der Waals surface area contributed by atoms with Crippen molar-refractivity contribution < 1.29 is 13.2 Å². The zero-order valence-corrected chi connectivity index (χ0v) is 12.4. The van der Waals surface area contributed by atoms with Gasteiger partial charge < -0.3 is 10.6 Å². The van der Waals surface area contributed by atoms with Gasteiger partial charge in [0.15, 0.2) is 0 Å². The van der Waals surface area contributed by atoms with Crippen molar-refractivity contribution in [1.29, 1.82) is 0 Å². The van der Waals surface area contributed by atoms with Crippen LogP contribution in [0.5, 0.6) is 0 Å². The number of hydrogen-bond acceptors (Lipinski definition) is 4. The highest BCUT2D eigenvalue weighted by Crippen LogP contribution is 2.16. The lowest BCUT2D eigenvalue weighted by atomic mass is 9.95. The quantitative estimate of drug-likeness (QED) is 0.548. The maximum absolute atomic E-state index is 11.6. The molecule has 112 valence electrons. The van der Waals surface area contributed by atoms with Crippen LogP contribution in [-0.4, -0.2) is 46.3 Å². The lowest BCUT2D eigenvalue weighted by molar-refractivity contribution is -0.121. The number of carbonyl (C=O) groups is 1. The Labute approximate surface area is 115 Å². The summed E-state index contributed by atoms with van der Waals surface area (Å²) in [6, 6.07) is 0.343. The monoisotopic (exact) mass is 291 g/mol. The molecule has 1 aliphatic carbocycles. The van der Waals surface area contributed by atoms with E-state index in [0.29, 0.717) is 32.1 Å². The van der Waals surface area contributed by atoms with E-state index in [2.05, 4.69) is 15.4 Å². The van der Waals surface area contributed by atoms with Gasteiger partial charge in [-0.3, -0.25) is 4.79 Å². The van der Waals surface area contributed by atoms with Crippen molar-refractivity contribution in [2.75, 3.05) is 25.9 Å². The van der Waals surface area contributed by atoms with E-state index in [0.717, 1.165) is 19.1 Å². The maximum Gasteiger partial charge on any atom is 0.234 e. The molecule has 19 heavy (non-hydrogen) atoms. The van der Waals surface area contributed by atoms with Crippen LogP contribution in [0.2, 0.25) is 0 Å². The van der Waals surface area contributed by atoms with Gasteiger partial charge in [-0.1, -0.05) is 19.3 Å². The second-order valence-electron chi connectivity index (χ2n) is 5.10. The van der Waals surface area contributed by atoms with Crippen LogP contribution in [0.4, 0.5) is 0 Å². The summed E-state index contributed by atoms with van der Waals surface area (Å²) in [5.41, 5.74) is 0. The molecule has 1 aliphatic rings. The Hall–Kier alpha value is -0.660. The van der Waals surface area contributed by atoms with E-state index in [-0.39, 0.29) is 5.91 Å². The van der Waals surface area contributed by atoms with Crippen LogP contribution in [0.15, 0.2) is 0 Å². The smallest absolute Gasteiger partial charge is 0.234 e. The second kappa shape index (κ2) is 8.50. The molecule has 0 aliphatic heterocycles. The first-order valence-electron chi connectivity index (χ1n) is 6.92. The van der Waals surface area contributed by atoms with E-state index >= 15 is 0 Å². The van der Waals surface area contributed by atoms with Crippen LogP contribution < -0.4 is 15.4 Å². The summed E-state index contributed by atoms with van der Waals surface area (Å²) in [4.78, 5) is 11.6. The van der Waals surface area contributed by atoms with Gasteiger partial charge in [0, 0.05) is 12.6 Å². The third-order valence-corrected chi connectivity index (χ3v) is 3.88. The number of sulfonamides is 1. The van der Waals surface area contributed by atoms with Gasteiger partial charge in [0.2, 0.25) is 15.9 Å². The first-order valence-corrected chi connectivity index (χ1v) is 8.81. The molecule has 1 fully saturated rings. The van der Waals surface area contributed by atoms with Crippen molar-refractivity contribution in [3.05, 3.63) is 0 Å². The minimum Gasteiger partial charge on any atom is -0.352 e. The molecular formula is C12H25N3O3S. The molecule has 1 rings (SSSR count). The van der Waals surface area contributed by atoms with Crippen LogP contribution in [0.25, 0.3) is 0 Å². The summed E-state index contributed by atoms with van der Waals surface area (Å²) < 4.78 is 24.0. The van der Waals surface area contributed by atoms with Crippen molar-refractivity contribution in [2.24, 2.45) is 0 Å². The summed E-state index contributed by atoms with van der Waals surface area (Å²) in [6.07, 6.45) is 7.67. The van der Waals surface area contributed by atoms with Crippen molar-refractivity contribution >= 4 is 15.9 Å². The van der Waals surface area contributed by atoms with E-state index in [1.54, 1.807) is 0 Å². The zero-order chi connectivity index (χ0) is 14.1. The molecule has 0 radical (unpaired) electrons. The fourth-order valence-corrected chi connectivity index (χ4v) is 2.71. The predicted molar refractivity (Wildman–Crippen MR) is 75.3 cm³/mol. The van der Waals surface area contributed by atoms with Crippen molar-refractivity contribution in [2.45, 2.75) is 44.6 Å². The second-order valence-corrected chi connectivity index (χ2v) is 6.93. The molecule has 0 unspecified atom stereocenters. The molecule has 6 nitrogen and oxygen atoms in total. The molecule has 0 heterocycles. The Morgan fingerprint density at radius 3 is 2.47 bits per heavy atom. The molecule has 0 atom stereocenters. The Morgan fingerprint density at radius 1 is 1.16 bits per heavy atom. The van der Waals surface area contributed by atoms with E-state index < -0.39 is 10.0 Å². The van der Waals surface area contributed by atoms with Crippen LogP contribution in [0.1, 0.15) is 38.5 Å². The lowest BCUT2D eigenvalue weighted by Gasteiger charge is -2.22. The highest BCUT2D eigenvalue weighted by atomic mass is 32.2. The van der Waals surface area contributed by atoms with Gasteiger partial charge in [-0.05, 0) is 25.8 Å². The van der Waals surface area contributed by atoms with Gasteiger partial charge >= 0.3 is 0 Å². The van der Waals surface area contributed by atoms with Crippen LogP contribution in [-0.2, 0) is 14.8 Å². The molecule has 1 saturated carbocycles. The summed E-state index contributed by atoms with van der Waals surface area (Å²) in [7, 11) is -3.10. The summed E-state index contributed by atoms with van der Waals surface area (Å²) >= 11 is 0. The molecular weight excluding hydrogens is 266 g/mol. The minimum atomic E-state index is -3.10. The van der Waals surface area contributed by atoms with Gasteiger partial charge in [-0.25, -0.2) is 13.1 Å². The molecule has 7 heteroatoms. The molecule has 0 spiro atoms. The molecule has 1 amide bonds. The van der Waals surface area contributed by atoms with E-state index in [4.69, 9.17) is 0 Å². The molecule has 0 bridgehead atoms. The standard InChI is InChI=1S/C12H25N3O3S/c1-19(17,18)14-9-5-8-13-10-12(16)15-11-6-3-2-4-7-11/h11,13-14H,2-10H2,1H3,(H,15,16). The number of carbonyl (C=O) groups excluding carboxylic acids is 1. The van der Waals surface area contributed by atoms with Crippen molar-refractivity contribution in [3.63, 3.8) is 0 Å². The van der Waals surface area contributed by atoms with Gasteiger partial charge in [-0.15, -0.1) is 0 Å². The van der Waals surface area contributed by atoms with Gasteiger partial charge in [-0.2, -0.15) is 0 Å². The Balaban J connectivity index is 1.98. The number of nitrogens with one attached hydrogen (secondary N) is 3. The summed E-state index contributed by atoms with van der Waals surface area (Å²) in [5.74, 6) is 0.0305. The maximum atomic E-state index is 11.6. The van der Waals surface area contributed by atoms with Crippen LogP contribution in [0.3, 0.4) is 0 Å². The Morgan fingerprint density at radius 2 is 1.84 bits per heavy atom. The molecule has 3 N–H and O–H groups in total. The number of hydrogen-bond donors (Lipinski definition) is 3. The zero-order valence-electron chi connectivity index (χ0n) is 11.6. The third-order valence-electron chi connectivity index (χ3n) is 3.15. The van der Waals surface area contributed by atoms with Crippen molar-refractivity contribution in [3.8, 4) is 0 Å². The molecule has 0 aromatic rings. The largest absolute Gasteiger partial charge is 0.352 e. The molecule has 0 aromatic heterocycles. The van der Waals surface area contributed by atoms with E-state index in [1.807, 2.05) is 0 Å². The summed E-state index contributed by atoms with van der Waals surface area (Å²) in [5, 5.41) is 6.04. The Bertz CT molecular complexity index is 364. The van der Waals surface area contributed by atoms with Crippen molar-refractivity contribution in [1.82, 2.24) is 15.4 Å². The normalized spacial score (nSPS) is 17.3. The Kier molecular flexibility index (Phi) is 7.33. The molecule has 0 aromatic carbocycles. The SMILES string of the molecule is CS(=O)(=O)NCCCNCC(=O)NC1CCCCC1. The highest BCUT2D eigenvalue weighted by Gasteiger charge is 2.14. The number of amides is 1. The molecule has 0 saturated heterocycles. The first kappa shape index (κ1) is 16.4. The van der Waals surface area contributed by atoms with Gasteiger partial charge in [0.25, 0.3) is 0 Å². The van der Waals surface area contributed by atoms with Crippen LogP contribution in [0, 0.1) is 0 Å². The highest BCUT2D eigenvalue weighted by molar-refractivity contribution is 7.88. The average Bonchev–Trinajstić information content (AvgIpc) is 2.33. The van der Waals surface area contributed by atoms with Gasteiger partial charge in [0.1, 0.15) is 0 Å². The fourth-order valence-electron chi connectivity index (χ4n) is 2.20. The van der Waals surface area contributed by atoms with Crippen LogP contribution >= 0.6 is 0 Å². The van der Waals surface area contributed by atoms with Gasteiger partial charge in [0.05, 0.1) is 12.8 Å². The topological polar surface area (TPSA) is 87.3 Å². The average molecular weight is 291 g/mol. The number of rotatable bonds is 8. The van der Waals surface area contributed by atoms with E-state index in [1.165, 1.54) is 19.3 Å². The third kappa shape index (κ3) is 8.96. The first-order chi connectivity index (χ1) is 8.97. The minimum absolute atomic E-state index is 0.0305. The lowest BCUT2D eigenvalue weighted by Crippen LogP contribution is -2.41.